The van der Waals surface area contributed by atoms with Crippen LogP contribution < -0.4 is 4.74 Å². The third-order valence-electron chi connectivity index (χ3n) is 1.84. The number of carbonyl (C=O) groups is 1. The van der Waals surface area contributed by atoms with Gasteiger partial charge in [-0.25, -0.2) is 8.78 Å². The lowest BCUT2D eigenvalue weighted by Crippen LogP contribution is -2.06. The lowest BCUT2D eigenvalue weighted by Gasteiger charge is -2.08. The molecule has 0 aliphatic rings. The van der Waals surface area contributed by atoms with Gasteiger partial charge in [0.2, 0.25) is 5.75 Å². The minimum atomic E-state index is -3.07. The second-order valence-corrected chi connectivity index (χ2v) is 3.11. The van der Waals surface area contributed by atoms with Gasteiger partial charge < -0.3 is 4.74 Å². The summed E-state index contributed by atoms with van der Waals surface area (Å²) in [6, 6.07) is 0. The van der Waals surface area contributed by atoms with E-state index in [0.29, 0.717) is 6.20 Å². The van der Waals surface area contributed by atoms with Gasteiger partial charge in [0.05, 0.1) is 12.0 Å². The molecule has 0 aliphatic carbocycles. The lowest BCUT2D eigenvalue weighted by atomic mass is 10.2. The molecule has 0 atom stereocenters. The van der Waals surface area contributed by atoms with Crippen LogP contribution in [0.15, 0.2) is 6.20 Å². The van der Waals surface area contributed by atoms with Crippen LogP contribution in [0.3, 0.4) is 0 Å². The third-order valence-corrected chi connectivity index (χ3v) is 2.04. The minimum Gasteiger partial charge on any atom is -0.489 e. The molecule has 0 aromatic carbocycles. The zero-order chi connectivity index (χ0) is 13.2. The van der Waals surface area contributed by atoms with Crippen LogP contribution in [0.4, 0.5) is 14.5 Å². The summed E-state index contributed by atoms with van der Waals surface area (Å²) in [6.45, 7) is 0. The number of methoxy groups -OCH3 is 1. The molecule has 0 amide bonds. The van der Waals surface area contributed by atoms with Crippen molar-refractivity contribution >= 4 is 22.5 Å². The molecule has 0 unspecified atom stereocenters. The second kappa shape index (κ2) is 5.00. The van der Waals surface area contributed by atoms with Crippen LogP contribution in [-0.2, 0) is 0 Å². The van der Waals surface area contributed by atoms with E-state index >= 15 is 0 Å². The van der Waals surface area contributed by atoms with E-state index in [-0.39, 0.29) is 0 Å². The zero-order valence-corrected chi connectivity index (χ0v) is 9.07. The Morgan fingerprint density at radius 1 is 1.65 bits per heavy atom. The molecule has 0 N–H and O–H groups in total. The van der Waals surface area contributed by atoms with Crippen LogP contribution in [-0.4, -0.2) is 22.3 Å². The van der Waals surface area contributed by atoms with Gasteiger partial charge in [-0.15, -0.1) is 0 Å². The molecule has 0 radical (unpaired) electrons. The average Bonchev–Trinajstić information content (AvgIpc) is 2.26. The summed E-state index contributed by atoms with van der Waals surface area (Å²) >= 11 is 5.09. The van der Waals surface area contributed by atoms with Crippen molar-refractivity contribution in [1.82, 2.24) is 4.98 Å². The maximum absolute atomic E-state index is 12.5. The second-order valence-electron chi connectivity index (χ2n) is 2.77. The van der Waals surface area contributed by atoms with Gasteiger partial charge in [-0.2, -0.15) is 0 Å². The first kappa shape index (κ1) is 13.2. The summed E-state index contributed by atoms with van der Waals surface area (Å²) in [5.74, 6) is -0.767. The van der Waals surface area contributed by atoms with Crippen molar-refractivity contribution in [3.05, 3.63) is 27.6 Å². The maximum Gasteiger partial charge on any atom is 0.326 e. The topological polar surface area (TPSA) is 82.3 Å². The number of nitro groups is 1. The highest BCUT2D eigenvalue weighted by molar-refractivity contribution is 6.68. The fraction of sp³-hybridized carbons (Fsp3) is 0.250. The van der Waals surface area contributed by atoms with Crippen molar-refractivity contribution in [3.8, 4) is 5.75 Å². The molecule has 0 bridgehead atoms. The number of ether oxygens (including phenoxy) is 1. The van der Waals surface area contributed by atoms with Crippen LogP contribution >= 0.6 is 11.6 Å². The number of alkyl halides is 2. The first-order chi connectivity index (χ1) is 7.90. The Balaban J connectivity index is 3.61. The van der Waals surface area contributed by atoms with Gasteiger partial charge in [-0.05, 0) is 11.6 Å². The molecule has 1 rings (SSSR count). The lowest BCUT2D eigenvalue weighted by molar-refractivity contribution is -0.386. The highest BCUT2D eigenvalue weighted by Gasteiger charge is 2.31. The van der Waals surface area contributed by atoms with Crippen LogP contribution in [0.5, 0.6) is 5.75 Å². The van der Waals surface area contributed by atoms with Gasteiger partial charge in [-0.3, -0.25) is 19.9 Å². The van der Waals surface area contributed by atoms with E-state index in [9.17, 15) is 23.7 Å². The van der Waals surface area contributed by atoms with Gasteiger partial charge in [0.1, 0.15) is 5.56 Å². The van der Waals surface area contributed by atoms with E-state index < -0.39 is 39.3 Å². The molecule has 1 heterocycles. The molecular formula is C8H5ClF2N2O4. The van der Waals surface area contributed by atoms with Crippen molar-refractivity contribution in [2.75, 3.05) is 7.11 Å². The highest BCUT2D eigenvalue weighted by atomic mass is 35.5. The Morgan fingerprint density at radius 3 is 2.59 bits per heavy atom. The van der Waals surface area contributed by atoms with Crippen LogP contribution in [0, 0.1) is 10.1 Å². The molecule has 17 heavy (non-hydrogen) atoms. The summed E-state index contributed by atoms with van der Waals surface area (Å²) in [7, 11) is 0.957. The van der Waals surface area contributed by atoms with E-state index in [2.05, 4.69) is 9.72 Å². The SMILES string of the molecule is COc1c(C(F)F)ncc(C(=O)Cl)c1[N+](=O)[O-]. The normalized spacial score (nSPS) is 10.4. The van der Waals surface area contributed by atoms with E-state index in [1.165, 1.54) is 0 Å². The molecular weight excluding hydrogens is 262 g/mol. The van der Waals surface area contributed by atoms with Gasteiger partial charge in [0, 0.05) is 6.20 Å². The number of nitrogens with zero attached hydrogens (tertiary/aromatic N) is 2. The summed E-state index contributed by atoms with van der Waals surface area (Å²) in [5, 5.41) is 9.55. The van der Waals surface area contributed by atoms with Gasteiger partial charge in [0.25, 0.3) is 11.7 Å². The fourth-order valence-electron chi connectivity index (χ4n) is 1.18. The predicted molar refractivity (Wildman–Crippen MR) is 52.6 cm³/mol. The van der Waals surface area contributed by atoms with Crippen LogP contribution in [0.2, 0.25) is 0 Å². The number of rotatable bonds is 4. The monoisotopic (exact) mass is 266 g/mol. The minimum absolute atomic E-state index is 0.599. The molecule has 1 aromatic heterocycles. The van der Waals surface area contributed by atoms with Crippen molar-refractivity contribution < 1.29 is 23.2 Å². The van der Waals surface area contributed by atoms with Crippen molar-refractivity contribution in [2.45, 2.75) is 6.43 Å². The number of carbonyl (C=O) groups excluding carboxylic acids is 1. The standard InChI is InChI=1S/C8H5ClF2N2O4/c1-17-6-4(8(10)11)12-2-3(7(9)14)5(6)13(15)16/h2,8H,1H3. The van der Waals surface area contributed by atoms with Crippen molar-refractivity contribution in [2.24, 2.45) is 0 Å². The molecule has 0 saturated heterocycles. The van der Waals surface area contributed by atoms with Gasteiger partial charge in [-0.1, -0.05) is 0 Å². The highest BCUT2D eigenvalue weighted by Crippen LogP contribution is 2.37. The average molecular weight is 267 g/mol. The first-order valence-electron chi connectivity index (χ1n) is 4.09. The molecule has 6 nitrogen and oxygen atoms in total. The summed E-state index contributed by atoms with van der Waals surface area (Å²) < 4.78 is 29.5. The van der Waals surface area contributed by atoms with E-state index in [4.69, 9.17) is 11.6 Å². The number of hydrogen-bond acceptors (Lipinski definition) is 5. The molecule has 0 fully saturated rings. The van der Waals surface area contributed by atoms with Crippen LogP contribution in [0.25, 0.3) is 0 Å². The van der Waals surface area contributed by atoms with Gasteiger partial charge >= 0.3 is 5.69 Å². The summed E-state index contributed by atoms with van der Waals surface area (Å²) in [5.41, 5.74) is -2.43. The Hall–Kier alpha value is -1.83. The van der Waals surface area contributed by atoms with E-state index in [1.54, 1.807) is 0 Å². The Bertz CT molecular complexity index is 481. The van der Waals surface area contributed by atoms with Gasteiger partial charge in [0.15, 0.2) is 5.69 Å². The smallest absolute Gasteiger partial charge is 0.326 e. The van der Waals surface area contributed by atoms with Crippen LogP contribution in [0.1, 0.15) is 22.5 Å². The largest absolute Gasteiger partial charge is 0.489 e. The fourth-order valence-corrected chi connectivity index (χ4v) is 1.32. The van der Waals surface area contributed by atoms with Crippen molar-refractivity contribution in [3.63, 3.8) is 0 Å². The Labute approximate surface area is 98.3 Å². The van der Waals surface area contributed by atoms with E-state index in [1.807, 2.05) is 0 Å². The molecule has 9 heteroatoms. The maximum atomic E-state index is 12.5. The molecule has 92 valence electrons. The molecule has 0 saturated carbocycles. The Morgan fingerprint density at radius 2 is 2.24 bits per heavy atom. The van der Waals surface area contributed by atoms with Crippen molar-refractivity contribution in [1.29, 1.82) is 0 Å². The predicted octanol–water partition coefficient (Wildman–Crippen LogP) is 2.32. The molecule has 0 aliphatic heterocycles. The quantitative estimate of drug-likeness (QED) is 0.474. The summed E-state index contributed by atoms with van der Waals surface area (Å²) in [4.78, 5) is 23.8. The third kappa shape index (κ3) is 2.47. The molecule has 1 aromatic rings. The zero-order valence-electron chi connectivity index (χ0n) is 8.32. The molecule has 0 spiro atoms. The number of halogens is 3. The first-order valence-corrected chi connectivity index (χ1v) is 4.47. The number of pyridine rings is 1. The number of hydrogen-bond donors (Lipinski definition) is 0. The number of aromatic nitrogens is 1. The van der Waals surface area contributed by atoms with E-state index in [0.717, 1.165) is 7.11 Å². The summed E-state index contributed by atoms with van der Waals surface area (Å²) in [6.07, 6.45) is -2.44. The Kier molecular flexibility index (Phi) is 3.89.